The van der Waals surface area contributed by atoms with Crippen LogP contribution in [-0.2, 0) is 11.3 Å². The zero-order chi connectivity index (χ0) is 14.5. The van der Waals surface area contributed by atoms with Gasteiger partial charge in [0.25, 0.3) is 0 Å². The highest BCUT2D eigenvalue weighted by molar-refractivity contribution is 5.66. The van der Waals surface area contributed by atoms with E-state index in [1.54, 1.807) is 0 Å². The largest absolute Gasteiger partial charge is 0.493 e. The van der Waals surface area contributed by atoms with Crippen molar-refractivity contribution in [2.75, 3.05) is 6.61 Å². The Bertz CT molecular complexity index is 578. The minimum atomic E-state index is -1.01. The van der Waals surface area contributed by atoms with E-state index in [2.05, 4.69) is 29.3 Å². The van der Waals surface area contributed by atoms with Crippen molar-refractivity contribution in [2.24, 2.45) is 5.92 Å². The first kappa shape index (κ1) is 14.0. The highest BCUT2D eigenvalue weighted by Crippen LogP contribution is 2.19. The van der Waals surface area contributed by atoms with Crippen molar-refractivity contribution >= 4 is 5.97 Å². The molecule has 0 radical (unpaired) electrons. The number of benzene rings is 1. The Morgan fingerprint density at radius 1 is 1.35 bits per heavy atom. The van der Waals surface area contributed by atoms with Gasteiger partial charge in [-0.3, -0.25) is 4.79 Å². The zero-order valence-electron chi connectivity index (χ0n) is 11.4. The molecule has 1 aromatic heterocycles. The molecular formula is C13H16N4O3. The van der Waals surface area contributed by atoms with E-state index in [-0.39, 0.29) is 6.54 Å². The van der Waals surface area contributed by atoms with Gasteiger partial charge in [-0.2, -0.15) is 4.80 Å². The Hall–Kier alpha value is -2.44. The van der Waals surface area contributed by atoms with Crippen LogP contribution in [0.5, 0.6) is 5.75 Å². The van der Waals surface area contributed by atoms with Crippen LogP contribution in [0.1, 0.15) is 13.8 Å². The predicted octanol–water partition coefficient (Wildman–Crippen LogP) is 1.46. The summed E-state index contributed by atoms with van der Waals surface area (Å²) in [6, 6.07) is 7.29. The van der Waals surface area contributed by atoms with Crippen LogP contribution >= 0.6 is 0 Å². The molecule has 0 aliphatic carbocycles. The fourth-order valence-corrected chi connectivity index (χ4v) is 1.51. The molecule has 106 valence electrons. The van der Waals surface area contributed by atoms with Gasteiger partial charge >= 0.3 is 5.97 Å². The number of carboxylic acid groups (broad SMARTS) is 1. The number of aliphatic carboxylic acids is 1. The highest BCUT2D eigenvalue weighted by Gasteiger charge is 2.08. The van der Waals surface area contributed by atoms with E-state index < -0.39 is 5.97 Å². The zero-order valence-corrected chi connectivity index (χ0v) is 11.4. The summed E-state index contributed by atoms with van der Waals surface area (Å²) in [4.78, 5) is 11.6. The van der Waals surface area contributed by atoms with E-state index in [0.29, 0.717) is 18.3 Å². The number of rotatable bonds is 6. The molecule has 0 saturated heterocycles. The van der Waals surface area contributed by atoms with Crippen molar-refractivity contribution in [1.29, 1.82) is 0 Å². The third kappa shape index (κ3) is 3.78. The average molecular weight is 276 g/mol. The van der Waals surface area contributed by atoms with E-state index in [9.17, 15) is 4.79 Å². The lowest BCUT2D eigenvalue weighted by atomic mass is 10.2. The van der Waals surface area contributed by atoms with Gasteiger partial charge in [0.2, 0.25) is 5.82 Å². The number of carbonyl (C=O) groups is 1. The SMILES string of the molecule is CC(C)COc1ccc(-c2nnn(CC(=O)O)n2)cc1. The molecule has 1 heterocycles. The number of ether oxygens (including phenoxy) is 1. The van der Waals surface area contributed by atoms with Gasteiger partial charge < -0.3 is 9.84 Å². The van der Waals surface area contributed by atoms with Gasteiger partial charge in [-0.15, -0.1) is 10.2 Å². The van der Waals surface area contributed by atoms with Crippen LogP contribution in [0.4, 0.5) is 0 Å². The van der Waals surface area contributed by atoms with Gasteiger partial charge in [0, 0.05) is 5.56 Å². The summed E-state index contributed by atoms with van der Waals surface area (Å²) in [6.07, 6.45) is 0. The molecule has 20 heavy (non-hydrogen) atoms. The van der Waals surface area contributed by atoms with Gasteiger partial charge in [-0.05, 0) is 35.4 Å². The fraction of sp³-hybridized carbons (Fsp3) is 0.385. The normalized spacial score (nSPS) is 10.8. The maximum absolute atomic E-state index is 10.5. The van der Waals surface area contributed by atoms with Crippen LogP contribution in [0, 0.1) is 5.92 Å². The van der Waals surface area contributed by atoms with Crippen LogP contribution < -0.4 is 4.74 Å². The first-order valence-electron chi connectivity index (χ1n) is 6.27. The van der Waals surface area contributed by atoms with Gasteiger partial charge in [-0.1, -0.05) is 13.8 Å². The molecule has 0 bridgehead atoms. The molecule has 0 unspecified atom stereocenters. The lowest BCUT2D eigenvalue weighted by Crippen LogP contribution is -2.11. The molecular weight excluding hydrogens is 260 g/mol. The molecule has 2 rings (SSSR count). The molecule has 1 N–H and O–H groups in total. The third-order valence-electron chi connectivity index (χ3n) is 2.43. The van der Waals surface area contributed by atoms with Crippen molar-refractivity contribution < 1.29 is 14.6 Å². The molecule has 0 amide bonds. The maximum atomic E-state index is 10.5. The molecule has 0 fully saturated rings. The van der Waals surface area contributed by atoms with Gasteiger partial charge in [0.1, 0.15) is 5.75 Å². The Labute approximate surface area is 116 Å². The van der Waals surface area contributed by atoms with E-state index >= 15 is 0 Å². The topological polar surface area (TPSA) is 90.1 Å². The molecule has 0 atom stereocenters. The average Bonchev–Trinajstić information content (AvgIpc) is 2.84. The molecule has 7 nitrogen and oxygen atoms in total. The van der Waals surface area contributed by atoms with Crippen molar-refractivity contribution in [1.82, 2.24) is 20.2 Å². The number of aromatic nitrogens is 4. The summed E-state index contributed by atoms with van der Waals surface area (Å²) in [5, 5.41) is 20.1. The number of tetrazole rings is 1. The van der Waals surface area contributed by atoms with Gasteiger partial charge in [-0.25, -0.2) is 0 Å². The monoisotopic (exact) mass is 276 g/mol. The maximum Gasteiger partial charge on any atom is 0.327 e. The second-order valence-corrected chi connectivity index (χ2v) is 4.77. The molecule has 7 heteroatoms. The predicted molar refractivity (Wildman–Crippen MR) is 71.2 cm³/mol. The fourth-order valence-electron chi connectivity index (χ4n) is 1.51. The molecule has 0 aliphatic heterocycles. The molecule has 0 saturated carbocycles. The Morgan fingerprint density at radius 3 is 2.65 bits per heavy atom. The number of hydrogen-bond donors (Lipinski definition) is 1. The third-order valence-corrected chi connectivity index (χ3v) is 2.43. The Kier molecular flexibility index (Phi) is 4.29. The van der Waals surface area contributed by atoms with Crippen LogP contribution in [0.3, 0.4) is 0 Å². The van der Waals surface area contributed by atoms with Crippen LogP contribution in [0.2, 0.25) is 0 Å². The smallest absolute Gasteiger partial charge is 0.327 e. The number of carboxylic acids is 1. The lowest BCUT2D eigenvalue weighted by molar-refractivity contribution is -0.138. The second kappa shape index (κ2) is 6.14. The summed E-state index contributed by atoms with van der Waals surface area (Å²) in [5.41, 5.74) is 0.763. The minimum absolute atomic E-state index is 0.303. The van der Waals surface area contributed by atoms with Crippen LogP contribution in [0.25, 0.3) is 11.4 Å². The molecule has 0 spiro atoms. The highest BCUT2D eigenvalue weighted by atomic mass is 16.5. The summed E-state index contributed by atoms with van der Waals surface area (Å²) in [5.74, 6) is 0.626. The standard InChI is InChI=1S/C13H16N4O3/c1-9(2)8-20-11-5-3-10(4-6-11)13-14-16-17(15-13)7-12(18)19/h3-6,9H,7-8H2,1-2H3,(H,18,19). The summed E-state index contributed by atoms with van der Waals surface area (Å²) < 4.78 is 5.58. The van der Waals surface area contributed by atoms with Crippen LogP contribution in [0.15, 0.2) is 24.3 Å². The number of hydrogen-bond acceptors (Lipinski definition) is 5. The van der Waals surface area contributed by atoms with Gasteiger partial charge in [0.05, 0.1) is 6.61 Å². The van der Waals surface area contributed by atoms with Crippen molar-refractivity contribution in [2.45, 2.75) is 20.4 Å². The summed E-state index contributed by atoms with van der Waals surface area (Å²) in [7, 11) is 0. The van der Waals surface area contributed by atoms with E-state index in [4.69, 9.17) is 9.84 Å². The van der Waals surface area contributed by atoms with Crippen molar-refractivity contribution in [3.8, 4) is 17.1 Å². The Balaban J connectivity index is 2.05. The van der Waals surface area contributed by atoms with E-state index in [1.807, 2.05) is 24.3 Å². The molecule has 2 aromatic rings. The minimum Gasteiger partial charge on any atom is -0.493 e. The van der Waals surface area contributed by atoms with E-state index in [0.717, 1.165) is 16.1 Å². The summed E-state index contributed by atoms with van der Waals surface area (Å²) in [6.45, 7) is 4.52. The quantitative estimate of drug-likeness (QED) is 0.859. The first-order chi connectivity index (χ1) is 9.54. The second-order valence-electron chi connectivity index (χ2n) is 4.77. The van der Waals surface area contributed by atoms with Crippen molar-refractivity contribution in [3.05, 3.63) is 24.3 Å². The molecule has 1 aromatic carbocycles. The van der Waals surface area contributed by atoms with Crippen LogP contribution in [-0.4, -0.2) is 37.9 Å². The first-order valence-corrected chi connectivity index (χ1v) is 6.27. The number of nitrogens with zero attached hydrogens (tertiary/aromatic N) is 4. The lowest BCUT2D eigenvalue weighted by Gasteiger charge is -2.08. The van der Waals surface area contributed by atoms with Gasteiger partial charge in [0.15, 0.2) is 6.54 Å². The Morgan fingerprint density at radius 2 is 2.05 bits per heavy atom. The van der Waals surface area contributed by atoms with Crippen molar-refractivity contribution in [3.63, 3.8) is 0 Å². The molecule has 0 aliphatic rings. The summed E-state index contributed by atoms with van der Waals surface area (Å²) >= 11 is 0. The van der Waals surface area contributed by atoms with E-state index in [1.165, 1.54) is 0 Å².